The Hall–Kier alpha value is -2.90. The summed E-state index contributed by atoms with van der Waals surface area (Å²) in [4.78, 5) is 40.9. The van der Waals surface area contributed by atoms with Crippen LogP contribution in [0.3, 0.4) is 0 Å². The molecule has 7 nitrogen and oxygen atoms in total. The number of benzene rings is 2. The van der Waals surface area contributed by atoms with Crippen molar-refractivity contribution in [1.29, 1.82) is 0 Å². The van der Waals surface area contributed by atoms with Crippen LogP contribution in [0.15, 0.2) is 41.5 Å². The third-order valence-corrected chi connectivity index (χ3v) is 4.55. The number of hydrogen-bond acceptors (Lipinski definition) is 4. The van der Waals surface area contributed by atoms with E-state index in [1.165, 1.54) is 18.5 Å². The van der Waals surface area contributed by atoms with Crippen LogP contribution in [-0.4, -0.2) is 21.5 Å². The molecule has 9 heteroatoms. The number of aryl methyl sites for hydroxylation is 2. The minimum absolute atomic E-state index is 0.188. The molecule has 0 aliphatic heterocycles. The molecule has 2 N–H and O–H groups in total. The van der Waals surface area contributed by atoms with Crippen LogP contribution in [0.5, 0.6) is 0 Å². The second-order valence-corrected chi connectivity index (χ2v) is 7.13. The number of rotatable bonds is 3. The Kier molecular flexibility index (Phi) is 5.67. The van der Waals surface area contributed by atoms with Gasteiger partial charge in [0.05, 0.1) is 22.3 Å². The van der Waals surface area contributed by atoms with E-state index < -0.39 is 17.5 Å². The number of fused-ring (bicyclic) bond motifs is 1. The zero-order chi connectivity index (χ0) is 20.4. The van der Waals surface area contributed by atoms with Gasteiger partial charge in [0, 0.05) is 10.7 Å². The van der Waals surface area contributed by atoms with Crippen molar-refractivity contribution in [3.63, 3.8) is 0 Å². The summed E-state index contributed by atoms with van der Waals surface area (Å²) in [5.41, 5.74) is 2.32. The molecule has 28 heavy (non-hydrogen) atoms. The molecular weight excluding hydrogens is 403 g/mol. The summed E-state index contributed by atoms with van der Waals surface area (Å²) in [5.74, 6) is -0.668. The van der Waals surface area contributed by atoms with Gasteiger partial charge in [-0.1, -0.05) is 40.9 Å². The van der Waals surface area contributed by atoms with Gasteiger partial charge in [-0.05, 0) is 37.6 Å². The number of nitrogens with one attached hydrogen (secondary N) is 2. The number of amides is 3. The number of urea groups is 1. The highest BCUT2D eigenvalue weighted by Crippen LogP contribution is 2.23. The molecule has 3 amide bonds. The number of imide groups is 1. The van der Waals surface area contributed by atoms with Gasteiger partial charge in [-0.3, -0.25) is 19.5 Å². The molecule has 0 fully saturated rings. The molecule has 0 spiro atoms. The lowest BCUT2D eigenvalue weighted by Crippen LogP contribution is -2.38. The number of aromatic nitrogens is 2. The summed E-state index contributed by atoms with van der Waals surface area (Å²) >= 11 is 12.0. The minimum atomic E-state index is -0.690. The molecule has 1 aromatic heterocycles. The molecule has 0 bridgehead atoms. The Bertz CT molecular complexity index is 1160. The van der Waals surface area contributed by atoms with Crippen LogP contribution in [-0.2, 0) is 11.3 Å². The molecule has 0 aliphatic rings. The van der Waals surface area contributed by atoms with E-state index in [4.69, 9.17) is 23.2 Å². The summed E-state index contributed by atoms with van der Waals surface area (Å²) < 4.78 is 1.08. The Balaban J connectivity index is 1.73. The predicted octanol–water partition coefficient (Wildman–Crippen LogP) is 3.67. The summed E-state index contributed by atoms with van der Waals surface area (Å²) in [6.07, 6.45) is 1.20. The second-order valence-electron chi connectivity index (χ2n) is 6.28. The predicted molar refractivity (Wildman–Crippen MR) is 109 cm³/mol. The smallest absolute Gasteiger partial charge is 0.307 e. The van der Waals surface area contributed by atoms with Gasteiger partial charge in [-0.25, -0.2) is 9.78 Å². The fourth-order valence-corrected chi connectivity index (χ4v) is 3.28. The quantitative estimate of drug-likeness (QED) is 0.678. The zero-order valence-electron chi connectivity index (χ0n) is 15.0. The van der Waals surface area contributed by atoms with Crippen molar-refractivity contribution in [2.75, 3.05) is 5.32 Å². The summed E-state index contributed by atoms with van der Waals surface area (Å²) in [7, 11) is 0. The van der Waals surface area contributed by atoms with Gasteiger partial charge in [-0.15, -0.1) is 0 Å². The monoisotopic (exact) mass is 418 g/mol. The lowest BCUT2D eigenvalue weighted by Gasteiger charge is -2.11. The second kappa shape index (κ2) is 8.00. The van der Waals surface area contributed by atoms with Crippen molar-refractivity contribution in [3.8, 4) is 0 Å². The fourth-order valence-electron chi connectivity index (χ4n) is 2.74. The highest BCUT2D eigenvalue weighted by atomic mass is 35.5. The highest BCUT2D eigenvalue weighted by Gasteiger charge is 2.13. The largest absolute Gasteiger partial charge is 0.325 e. The SMILES string of the molecule is Cc1ccc(NC(=O)NC(=O)Cn2cnc3c(Cl)cc(Cl)cc3c2=O)c(C)c1. The van der Waals surface area contributed by atoms with Gasteiger partial charge in [0.25, 0.3) is 5.56 Å². The molecule has 0 saturated carbocycles. The Morgan fingerprint density at radius 3 is 2.61 bits per heavy atom. The third-order valence-electron chi connectivity index (χ3n) is 4.04. The van der Waals surface area contributed by atoms with Gasteiger partial charge in [0.1, 0.15) is 6.54 Å². The zero-order valence-corrected chi connectivity index (χ0v) is 16.6. The molecule has 0 radical (unpaired) electrons. The van der Waals surface area contributed by atoms with Crippen molar-refractivity contribution < 1.29 is 9.59 Å². The fraction of sp³-hybridized carbons (Fsp3) is 0.158. The van der Waals surface area contributed by atoms with Crippen molar-refractivity contribution >= 4 is 51.7 Å². The van der Waals surface area contributed by atoms with Gasteiger partial charge in [-0.2, -0.15) is 0 Å². The molecule has 0 atom stereocenters. The maximum atomic E-state index is 12.5. The number of nitrogens with zero attached hydrogens (tertiary/aromatic N) is 2. The van der Waals surface area contributed by atoms with E-state index in [0.717, 1.165) is 15.7 Å². The molecule has 0 saturated heterocycles. The van der Waals surface area contributed by atoms with Gasteiger partial charge >= 0.3 is 6.03 Å². The number of carbonyl (C=O) groups excluding carboxylic acids is 2. The van der Waals surface area contributed by atoms with Crippen LogP contribution < -0.4 is 16.2 Å². The van der Waals surface area contributed by atoms with E-state index >= 15 is 0 Å². The van der Waals surface area contributed by atoms with Crippen LogP contribution >= 0.6 is 23.2 Å². The first-order chi connectivity index (χ1) is 13.2. The Labute approximate surface area is 170 Å². The molecule has 3 aromatic rings. The van der Waals surface area contributed by atoms with E-state index in [1.54, 1.807) is 6.07 Å². The number of halogens is 2. The third kappa shape index (κ3) is 4.32. The molecular formula is C19H16Cl2N4O3. The van der Waals surface area contributed by atoms with Gasteiger partial charge in [0.15, 0.2) is 0 Å². The van der Waals surface area contributed by atoms with E-state index in [9.17, 15) is 14.4 Å². The van der Waals surface area contributed by atoms with Crippen LogP contribution in [0.4, 0.5) is 10.5 Å². The van der Waals surface area contributed by atoms with Crippen LogP contribution in [0.2, 0.25) is 10.0 Å². The first-order valence-electron chi connectivity index (χ1n) is 8.27. The van der Waals surface area contributed by atoms with E-state index in [1.807, 2.05) is 26.0 Å². The van der Waals surface area contributed by atoms with Crippen molar-refractivity contribution in [1.82, 2.24) is 14.9 Å². The van der Waals surface area contributed by atoms with Crippen LogP contribution in [0, 0.1) is 13.8 Å². The minimum Gasteiger partial charge on any atom is -0.307 e. The molecule has 144 valence electrons. The summed E-state index contributed by atoms with van der Waals surface area (Å²) in [5, 5.41) is 5.50. The first-order valence-corrected chi connectivity index (χ1v) is 9.02. The number of carbonyl (C=O) groups is 2. The maximum absolute atomic E-state index is 12.5. The molecule has 0 aliphatic carbocycles. The standard InChI is InChI=1S/C19H16Cl2N4O3/c1-10-3-4-15(11(2)5-10)23-19(28)24-16(26)8-25-9-22-17-13(18(25)27)6-12(20)7-14(17)21/h3-7,9H,8H2,1-2H3,(H2,23,24,26,28). The first kappa shape index (κ1) is 19.9. The molecule has 3 rings (SSSR count). The number of anilines is 1. The normalized spacial score (nSPS) is 10.7. The highest BCUT2D eigenvalue weighted by molar-refractivity contribution is 6.38. The average Bonchev–Trinajstić information content (AvgIpc) is 2.60. The maximum Gasteiger partial charge on any atom is 0.325 e. The van der Waals surface area contributed by atoms with E-state index in [2.05, 4.69) is 15.6 Å². The van der Waals surface area contributed by atoms with E-state index in [-0.39, 0.29) is 22.0 Å². The lowest BCUT2D eigenvalue weighted by molar-refractivity contribution is -0.120. The van der Waals surface area contributed by atoms with Gasteiger partial charge < -0.3 is 5.32 Å². The summed E-state index contributed by atoms with van der Waals surface area (Å²) in [6.45, 7) is 3.41. The Morgan fingerprint density at radius 2 is 1.89 bits per heavy atom. The van der Waals surface area contributed by atoms with Crippen LogP contribution in [0.1, 0.15) is 11.1 Å². The van der Waals surface area contributed by atoms with Crippen molar-refractivity contribution in [2.45, 2.75) is 20.4 Å². The lowest BCUT2D eigenvalue weighted by atomic mass is 10.1. The summed E-state index contributed by atoms with van der Waals surface area (Å²) in [6, 6.07) is 7.73. The van der Waals surface area contributed by atoms with Gasteiger partial charge in [0.2, 0.25) is 5.91 Å². The van der Waals surface area contributed by atoms with Crippen LogP contribution in [0.25, 0.3) is 10.9 Å². The molecule has 0 unspecified atom stereocenters. The van der Waals surface area contributed by atoms with E-state index in [0.29, 0.717) is 11.2 Å². The molecule has 1 heterocycles. The number of hydrogen-bond donors (Lipinski definition) is 2. The van der Waals surface area contributed by atoms with Crippen molar-refractivity contribution in [3.05, 3.63) is 68.2 Å². The Morgan fingerprint density at radius 1 is 1.14 bits per heavy atom. The average molecular weight is 419 g/mol. The molecule has 2 aromatic carbocycles. The topological polar surface area (TPSA) is 93.1 Å². The van der Waals surface area contributed by atoms with Crippen molar-refractivity contribution in [2.24, 2.45) is 0 Å².